The molecule has 0 radical (unpaired) electrons. The molecular formula is C19H22ClN5O2. The standard InChI is InChI=1S/C19H22ClN5O2/c1-4-25-19(22-23-24-25)21-11-15-9-17(26-3)18(10-16(15)20)27-12-14-7-5-6-13(2)8-14/h5-10H,4,11-12H2,1-3H3,(H,21,22,24). The summed E-state index contributed by atoms with van der Waals surface area (Å²) >= 11 is 6.45. The molecule has 7 nitrogen and oxygen atoms in total. The number of tetrazole rings is 1. The molecule has 1 heterocycles. The van der Waals surface area contributed by atoms with Gasteiger partial charge in [0.15, 0.2) is 11.5 Å². The lowest BCUT2D eigenvalue weighted by Gasteiger charge is -2.14. The van der Waals surface area contributed by atoms with Crippen LogP contribution < -0.4 is 14.8 Å². The van der Waals surface area contributed by atoms with E-state index >= 15 is 0 Å². The number of ether oxygens (including phenoxy) is 2. The molecule has 3 aromatic rings. The Balaban J connectivity index is 1.72. The van der Waals surface area contributed by atoms with E-state index in [9.17, 15) is 0 Å². The molecule has 0 spiro atoms. The number of halogens is 1. The average Bonchev–Trinajstić information content (AvgIpc) is 3.13. The molecule has 1 aromatic heterocycles. The fourth-order valence-corrected chi connectivity index (χ4v) is 2.89. The number of aryl methyl sites for hydroxylation is 2. The maximum atomic E-state index is 6.45. The molecule has 8 heteroatoms. The van der Waals surface area contributed by atoms with Crippen molar-refractivity contribution in [3.05, 3.63) is 58.1 Å². The van der Waals surface area contributed by atoms with E-state index in [1.54, 1.807) is 17.9 Å². The van der Waals surface area contributed by atoms with Gasteiger partial charge in [0, 0.05) is 24.2 Å². The number of hydrogen-bond acceptors (Lipinski definition) is 6. The third-order valence-electron chi connectivity index (χ3n) is 4.08. The second-order valence-electron chi connectivity index (χ2n) is 6.04. The molecule has 0 aliphatic heterocycles. The third-order valence-corrected chi connectivity index (χ3v) is 4.43. The molecule has 3 rings (SSSR count). The van der Waals surface area contributed by atoms with Crippen LogP contribution in [0.3, 0.4) is 0 Å². The van der Waals surface area contributed by atoms with Crippen molar-refractivity contribution >= 4 is 17.5 Å². The molecule has 0 unspecified atom stereocenters. The highest BCUT2D eigenvalue weighted by molar-refractivity contribution is 6.31. The van der Waals surface area contributed by atoms with Crippen molar-refractivity contribution in [3.63, 3.8) is 0 Å². The van der Waals surface area contributed by atoms with Crippen LogP contribution in [0.1, 0.15) is 23.6 Å². The van der Waals surface area contributed by atoms with Crippen LogP contribution in [-0.4, -0.2) is 27.3 Å². The van der Waals surface area contributed by atoms with Gasteiger partial charge in [-0.1, -0.05) is 46.5 Å². The van der Waals surface area contributed by atoms with Gasteiger partial charge in [-0.15, -0.1) is 0 Å². The maximum absolute atomic E-state index is 6.45. The lowest BCUT2D eigenvalue weighted by atomic mass is 10.1. The summed E-state index contributed by atoms with van der Waals surface area (Å²) in [7, 11) is 1.61. The zero-order valence-electron chi connectivity index (χ0n) is 15.6. The van der Waals surface area contributed by atoms with E-state index in [1.165, 1.54) is 5.56 Å². The van der Waals surface area contributed by atoms with Crippen LogP contribution in [-0.2, 0) is 19.7 Å². The van der Waals surface area contributed by atoms with E-state index in [-0.39, 0.29) is 0 Å². The minimum atomic E-state index is 0.442. The van der Waals surface area contributed by atoms with Crippen LogP contribution >= 0.6 is 11.6 Å². The summed E-state index contributed by atoms with van der Waals surface area (Å²) in [5.41, 5.74) is 3.14. The topological polar surface area (TPSA) is 74.1 Å². The summed E-state index contributed by atoms with van der Waals surface area (Å²) in [5, 5.41) is 15.3. The molecule has 0 aliphatic rings. The van der Waals surface area contributed by atoms with Crippen molar-refractivity contribution in [3.8, 4) is 11.5 Å². The predicted octanol–water partition coefficient (Wildman–Crippen LogP) is 3.85. The number of methoxy groups -OCH3 is 1. The molecule has 27 heavy (non-hydrogen) atoms. The van der Waals surface area contributed by atoms with Gasteiger partial charge in [0.1, 0.15) is 6.61 Å². The molecule has 142 valence electrons. The monoisotopic (exact) mass is 387 g/mol. The first-order valence-electron chi connectivity index (χ1n) is 8.65. The number of nitrogens with zero attached hydrogens (tertiary/aromatic N) is 4. The van der Waals surface area contributed by atoms with Crippen LogP contribution in [0.2, 0.25) is 5.02 Å². The van der Waals surface area contributed by atoms with Crippen molar-refractivity contribution in [1.82, 2.24) is 20.2 Å². The third kappa shape index (κ3) is 4.68. The Morgan fingerprint density at radius 1 is 1.19 bits per heavy atom. The van der Waals surface area contributed by atoms with Gasteiger partial charge >= 0.3 is 0 Å². The lowest BCUT2D eigenvalue weighted by molar-refractivity contribution is 0.284. The van der Waals surface area contributed by atoms with Crippen molar-refractivity contribution in [2.45, 2.75) is 33.5 Å². The number of benzene rings is 2. The van der Waals surface area contributed by atoms with Crippen LogP contribution in [0.5, 0.6) is 11.5 Å². The van der Waals surface area contributed by atoms with Crippen LogP contribution in [0.25, 0.3) is 0 Å². The molecule has 0 saturated heterocycles. The molecule has 0 fully saturated rings. The van der Waals surface area contributed by atoms with E-state index in [2.05, 4.69) is 39.9 Å². The van der Waals surface area contributed by atoms with Gasteiger partial charge in [-0.2, -0.15) is 0 Å². The maximum Gasteiger partial charge on any atom is 0.243 e. The quantitative estimate of drug-likeness (QED) is 0.632. The van der Waals surface area contributed by atoms with Gasteiger partial charge in [-0.3, -0.25) is 0 Å². The molecule has 0 aliphatic carbocycles. The zero-order chi connectivity index (χ0) is 19.2. The lowest BCUT2D eigenvalue weighted by Crippen LogP contribution is -2.08. The van der Waals surface area contributed by atoms with Crippen molar-refractivity contribution in [2.75, 3.05) is 12.4 Å². The Kier molecular flexibility index (Phi) is 6.13. The highest BCUT2D eigenvalue weighted by atomic mass is 35.5. The second kappa shape index (κ2) is 8.73. The van der Waals surface area contributed by atoms with Crippen molar-refractivity contribution in [1.29, 1.82) is 0 Å². The number of anilines is 1. The minimum absolute atomic E-state index is 0.442. The first kappa shape index (κ1) is 19.0. The first-order valence-corrected chi connectivity index (χ1v) is 9.03. The summed E-state index contributed by atoms with van der Waals surface area (Å²) < 4.78 is 13.1. The SMILES string of the molecule is CCn1nnnc1NCc1cc(OC)c(OCc2cccc(C)c2)cc1Cl. The number of rotatable bonds is 8. The van der Waals surface area contributed by atoms with E-state index in [0.717, 1.165) is 11.1 Å². The van der Waals surface area contributed by atoms with E-state index in [4.69, 9.17) is 21.1 Å². The van der Waals surface area contributed by atoms with E-state index in [0.29, 0.717) is 42.2 Å². The summed E-state index contributed by atoms with van der Waals surface area (Å²) in [5.74, 6) is 1.82. The first-order chi connectivity index (χ1) is 13.1. The molecule has 0 amide bonds. The van der Waals surface area contributed by atoms with E-state index < -0.39 is 0 Å². The predicted molar refractivity (Wildman–Crippen MR) is 104 cm³/mol. The Morgan fingerprint density at radius 2 is 2.04 bits per heavy atom. The van der Waals surface area contributed by atoms with Gasteiger partial charge in [0.2, 0.25) is 5.95 Å². The Morgan fingerprint density at radius 3 is 2.78 bits per heavy atom. The van der Waals surface area contributed by atoms with E-state index in [1.807, 2.05) is 25.1 Å². The Labute approximate surface area is 163 Å². The second-order valence-corrected chi connectivity index (χ2v) is 6.45. The van der Waals surface area contributed by atoms with Gasteiger partial charge in [0.25, 0.3) is 0 Å². The smallest absolute Gasteiger partial charge is 0.243 e. The molecule has 0 saturated carbocycles. The van der Waals surface area contributed by atoms with Crippen LogP contribution in [0.4, 0.5) is 5.95 Å². The van der Waals surface area contributed by atoms with Gasteiger partial charge in [-0.05, 0) is 41.5 Å². The molecule has 0 bridgehead atoms. The largest absolute Gasteiger partial charge is 0.493 e. The van der Waals surface area contributed by atoms with Crippen molar-refractivity contribution in [2.24, 2.45) is 0 Å². The van der Waals surface area contributed by atoms with Crippen molar-refractivity contribution < 1.29 is 9.47 Å². The van der Waals surface area contributed by atoms with Gasteiger partial charge in [-0.25, -0.2) is 4.68 Å². The summed E-state index contributed by atoms with van der Waals surface area (Å²) in [6.07, 6.45) is 0. The highest BCUT2D eigenvalue weighted by Crippen LogP contribution is 2.34. The van der Waals surface area contributed by atoms with Crippen LogP contribution in [0, 0.1) is 6.92 Å². The summed E-state index contributed by atoms with van der Waals surface area (Å²) in [4.78, 5) is 0. The Bertz CT molecular complexity index is 913. The van der Waals surface area contributed by atoms with Gasteiger partial charge in [0.05, 0.1) is 7.11 Å². The molecular weight excluding hydrogens is 366 g/mol. The summed E-state index contributed by atoms with van der Waals surface area (Å²) in [6.45, 7) is 5.61. The zero-order valence-corrected chi connectivity index (χ0v) is 16.3. The number of nitrogens with one attached hydrogen (secondary N) is 1. The fraction of sp³-hybridized carbons (Fsp3) is 0.316. The summed E-state index contributed by atoms with van der Waals surface area (Å²) in [6, 6.07) is 11.8. The molecule has 0 atom stereocenters. The van der Waals surface area contributed by atoms with Gasteiger partial charge < -0.3 is 14.8 Å². The fourth-order valence-electron chi connectivity index (χ4n) is 2.67. The molecule has 1 N–H and O–H groups in total. The minimum Gasteiger partial charge on any atom is -0.493 e. The average molecular weight is 388 g/mol. The van der Waals surface area contributed by atoms with Crippen LogP contribution in [0.15, 0.2) is 36.4 Å². The normalized spacial score (nSPS) is 10.7. The number of aromatic nitrogens is 4. The number of hydrogen-bond donors (Lipinski definition) is 1. The Hall–Kier alpha value is -2.80. The molecule has 2 aromatic carbocycles. The highest BCUT2D eigenvalue weighted by Gasteiger charge is 2.12.